The fraction of sp³-hybridized carbons (Fsp3) is 0.500. The van der Waals surface area contributed by atoms with Crippen LogP contribution in [0, 0.1) is 26.2 Å². The molecule has 2 aromatic rings. The number of piperidine rings is 1. The predicted octanol–water partition coefficient (Wildman–Crippen LogP) is 3.93. The average Bonchev–Trinajstić information content (AvgIpc) is 2.90. The molecule has 1 aromatic carbocycles. The molecule has 25 heavy (non-hydrogen) atoms. The zero-order valence-corrected chi connectivity index (χ0v) is 16.5. The highest BCUT2D eigenvalue weighted by molar-refractivity contribution is 7.17. The first-order valence-corrected chi connectivity index (χ1v) is 9.60. The molecule has 1 aliphatic heterocycles. The van der Waals surface area contributed by atoms with Gasteiger partial charge in [0.2, 0.25) is 0 Å². The lowest BCUT2D eigenvalue weighted by Gasteiger charge is -2.42. The second-order valence-corrected chi connectivity index (χ2v) is 8.86. The van der Waals surface area contributed by atoms with Crippen molar-refractivity contribution in [1.29, 1.82) is 0 Å². The van der Waals surface area contributed by atoms with E-state index < -0.39 is 0 Å². The number of hydrogen-bond donors (Lipinski definition) is 1. The number of hydrogen-bond acceptors (Lipinski definition) is 4. The van der Waals surface area contributed by atoms with Gasteiger partial charge < -0.3 is 10.6 Å². The van der Waals surface area contributed by atoms with Crippen molar-refractivity contribution in [3.63, 3.8) is 0 Å². The highest BCUT2D eigenvalue weighted by Gasteiger charge is 2.36. The molecule has 4 nitrogen and oxygen atoms in total. The van der Waals surface area contributed by atoms with Crippen molar-refractivity contribution in [3.8, 4) is 10.6 Å². The zero-order chi connectivity index (χ0) is 18.4. The number of rotatable bonds is 2. The van der Waals surface area contributed by atoms with E-state index in [9.17, 15) is 4.79 Å². The normalized spacial score (nSPS) is 19.9. The number of aromatic nitrogens is 1. The molecule has 1 fully saturated rings. The van der Waals surface area contributed by atoms with Gasteiger partial charge in [-0.2, -0.15) is 0 Å². The number of aryl methyl sites for hydroxylation is 3. The molecule has 5 heteroatoms. The van der Waals surface area contributed by atoms with E-state index in [-0.39, 0.29) is 17.4 Å². The van der Waals surface area contributed by atoms with E-state index in [0.29, 0.717) is 6.54 Å². The van der Waals surface area contributed by atoms with Crippen molar-refractivity contribution >= 4 is 17.2 Å². The summed E-state index contributed by atoms with van der Waals surface area (Å²) in [7, 11) is 0. The van der Waals surface area contributed by atoms with Crippen LogP contribution >= 0.6 is 11.3 Å². The molecule has 1 atom stereocenters. The standard InChI is InChI=1S/C20H27N3OS/c1-12-6-7-15(13(2)10-12)18-22-14(3)17(25-18)19(24)23-9-8-16(21)20(4,5)11-23/h6-7,10,16H,8-9,11,21H2,1-5H3. The van der Waals surface area contributed by atoms with E-state index in [1.807, 2.05) is 11.8 Å². The summed E-state index contributed by atoms with van der Waals surface area (Å²) >= 11 is 1.50. The largest absolute Gasteiger partial charge is 0.337 e. The molecular weight excluding hydrogens is 330 g/mol. The molecule has 0 aliphatic carbocycles. The van der Waals surface area contributed by atoms with Gasteiger partial charge in [-0.05, 0) is 38.2 Å². The Hall–Kier alpha value is -1.72. The fourth-order valence-corrected chi connectivity index (χ4v) is 4.58. The quantitative estimate of drug-likeness (QED) is 0.886. The number of benzene rings is 1. The molecular formula is C20H27N3OS. The monoisotopic (exact) mass is 357 g/mol. The molecule has 2 heterocycles. The smallest absolute Gasteiger partial charge is 0.265 e. The summed E-state index contributed by atoms with van der Waals surface area (Å²) in [6.07, 6.45) is 0.848. The number of likely N-dealkylation sites (tertiary alicyclic amines) is 1. The van der Waals surface area contributed by atoms with E-state index in [1.54, 1.807) is 0 Å². The zero-order valence-electron chi connectivity index (χ0n) is 15.7. The molecule has 1 amide bonds. The number of carbonyl (C=O) groups is 1. The molecule has 1 aliphatic rings. The van der Waals surface area contributed by atoms with Crippen molar-refractivity contribution in [2.24, 2.45) is 11.1 Å². The molecule has 0 radical (unpaired) electrons. The van der Waals surface area contributed by atoms with Gasteiger partial charge in [-0.15, -0.1) is 11.3 Å². The second-order valence-electron chi connectivity index (χ2n) is 7.86. The van der Waals surface area contributed by atoms with Crippen LogP contribution in [0.4, 0.5) is 0 Å². The minimum atomic E-state index is -0.0527. The maximum absolute atomic E-state index is 13.1. The van der Waals surface area contributed by atoms with Gasteiger partial charge in [-0.1, -0.05) is 37.6 Å². The number of nitrogens with zero attached hydrogens (tertiary/aromatic N) is 2. The van der Waals surface area contributed by atoms with Crippen LogP contribution in [0.25, 0.3) is 10.6 Å². The van der Waals surface area contributed by atoms with E-state index in [1.165, 1.54) is 22.5 Å². The van der Waals surface area contributed by atoms with Crippen molar-refractivity contribution in [2.75, 3.05) is 13.1 Å². The Bertz CT molecular complexity index is 809. The number of carbonyl (C=O) groups excluding carboxylic acids is 1. The molecule has 1 unspecified atom stereocenters. The van der Waals surface area contributed by atoms with Crippen molar-refractivity contribution < 1.29 is 4.79 Å². The van der Waals surface area contributed by atoms with Gasteiger partial charge in [-0.25, -0.2) is 4.98 Å². The molecule has 134 valence electrons. The lowest BCUT2D eigenvalue weighted by Crippen LogP contribution is -2.53. The van der Waals surface area contributed by atoms with Crippen molar-refractivity contribution in [1.82, 2.24) is 9.88 Å². The van der Waals surface area contributed by atoms with Crippen LogP contribution in [0.2, 0.25) is 0 Å². The Kier molecular flexibility index (Phi) is 4.73. The van der Waals surface area contributed by atoms with Gasteiger partial charge in [0.15, 0.2) is 0 Å². The van der Waals surface area contributed by atoms with Crippen LogP contribution < -0.4 is 5.73 Å². The van der Waals surface area contributed by atoms with Gasteiger partial charge in [0.1, 0.15) is 9.88 Å². The maximum Gasteiger partial charge on any atom is 0.265 e. The Morgan fingerprint density at radius 3 is 2.68 bits per heavy atom. The van der Waals surface area contributed by atoms with E-state index in [0.717, 1.165) is 34.1 Å². The van der Waals surface area contributed by atoms with Crippen molar-refractivity contribution in [2.45, 2.75) is 47.1 Å². The summed E-state index contributed by atoms with van der Waals surface area (Å²) in [5.41, 5.74) is 10.5. The molecule has 1 saturated heterocycles. The predicted molar refractivity (Wildman–Crippen MR) is 104 cm³/mol. The van der Waals surface area contributed by atoms with Gasteiger partial charge in [0.05, 0.1) is 5.69 Å². The third kappa shape index (κ3) is 3.48. The van der Waals surface area contributed by atoms with Gasteiger partial charge >= 0.3 is 0 Å². The summed E-state index contributed by atoms with van der Waals surface area (Å²) in [4.78, 5) is 20.4. The Morgan fingerprint density at radius 1 is 1.32 bits per heavy atom. The van der Waals surface area contributed by atoms with Crippen LogP contribution in [-0.4, -0.2) is 34.9 Å². The number of nitrogens with two attached hydrogens (primary N) is 1. The lowest BCUT2D eigenvalue weighted by atomic mass is 9.79. The van der Waals surface area contributed by atoms with Gasteiger partial charge in [0, 0.05) is 24.7 Å². The minimum Gasteiger partial charge on any atom is -0.337 e. The van der Waals surface area contributed by atoms with Gasteiger partial charge in [0.25, 0.3) is 5.91 Å². The SMILES string of the molecule is Cc1ccc(-c2nc(C)c(C(=O)N3CCC(N)C(C)(C)C3)s2)c(C)c1. The van der Waals surface area contributed by atoms with Crippen LogP contribution in [-0.2, 0) is 0 Å². The molecule has 0 saturated carbocycles. The highest BCUT2D eigenvalue weighted by Crippen LogP contribution is 2.33. The van der Waals surface area contributed by atoms with E-state index in [4.69, 9.17) is 5.73 Å². The van der Waals surface area contributed by atoms with Crippen LogP contribution in [0.1, 0.15) is 46.8 Å². The Morgan fingerprint density at radius 2 is 2.04 bits per heavy atom. The van der Waals surface area contributed by atoms with E-state index >= 15 is 0 Å². The Labute approximate surface area is 154 Å². The minimum absolute atomic E-state index is 0.0527. The summed E-state index contributed by atoms with van der Waals surface area (Å²) in [6.45, 7) is 11.8. The molecule has 2 N–H and O–H groups in total. The summed E-state index contributed by atoms with van der Waals surface area (Å²) in [5.74, 6) is 0.0889. The average molecular weight is 358 g/mol. The third-order valence-corrected chi connectivity index (χ3v) is 6.38. The summed E-state index contributed by atoms with van der Waals surface area (Å²) in [6, 6.07) is 6.49. The first kappa shape index (κ1) is 18.1. The van der Waals surface area contributed by atoms with Crippen LogP contribution in [0.5, 0.6) is 0 Å². The van der Waals surface area contributed by atoms with Crippen molar-refractivity contribution in [3.05, 3.63) is 39.9 Å². The number of thiazole rings is 1. The first-order chi connectivity index (χ1) is 11.7. The molecule has 0 spiro atoms. The topological polar surface area (TPSA) is 59.2 Å². The van der Waals surface area contributed by atoms with Gasteiger partial charge in [-0.3, -0.25) is 4.79 Å². The highest BCUT2D eigenvalue weighted by atomic mass is 32.1. The molecule has 0 bridgehead atoms. The lowest BCUT2D eigenvalue weighted by molar-refractivity contribution is 0.0536. The Balaban J connectivity index is 1.89. The second kappa shape index (κ2) is 6.54. The molecule has 3 rings (SSSR count). The van der Waals surface area contributed by atoms with E-state index in [2.05, 4.69) is 50.9 Å². The maximum atomic E-state index is 13.1. The molecule has 1 aromatic heterocycles. The summed E-state index contributed by atoms with van der Waals surface area (Å²) in [5, 5.41) is 0.923. The van der Waals surface area contributed by atoms with Crippen LogP contribution in [0.15, 0.2) is 18.2 Å². The first-order valence-electron chi connectivity index (χ1n) is 8.79. The fourth-order valence-electron chi connectivity index (χ4n) is 3.45. The van der Waals surface area contributed by atoms with Crippen LogP contribution in [0.3, 0.4) is 0 Å². The summed E-state index contributed by atoms with van der Waals surface area (Å²) < 4.78 is 0. The number of amides is 1. The third-order valence-electron chi connectivity index (χ3n) is 5.20.